The highest BCUT2D eigenvalue weighted by molar-refractivity contribution is 7.89. The zero-order valence-electron chi connectivity index (χ0n) is 12.6. The van der Waals surface area contributed by atoms with Crippen LogP contribution >= 0.6 is 0 Å². The fourth-order valence-corrected chi connectivity index (χ4v) is 4.05. The second kappa shape index (κ2) is 6.78. The highest BCUT2D eigenvalue weighted by Gasteiger charge is 2.32. The minimum Gasteiger partial charge on any atom is -0.473 e. The minimum atomic E-state index is -4.00. The molecule has 0 saturated carbocycles. The Morgan fingerprint density at radius 1 is 1.17 bits per heavy atom. The van der Waals surface area contributed by atoms with Crippen LogP contribution in [-0.2, 0) is 10.0 Å². The first-order valence-corrected chi connectivity index (χ1v) is 8.79. The molecule has 0 unspecified atom stereocenters. The van der Waals surface area contributed by atoms with Gasteiger partial charge in [-0.1, -0.05) is 0 Å². The molecule has 2 heterocycles. The fraction of sp³-hybridized carbons (Fsp3) is 0.333. The molecule has 3 rings (SSSR count). The maximum atomic E-state index is 13.8. The number of aromatic nitrogens is 2. The molecular weight excluding hydrogens is 340 g/mol. The van der Waals surface area contributed by atoms with Gasteiger partial charge in [-0.05, 0) is 25.0 Å². The molecule has 24 heavy (non-hydrogen) atoms. The Labute approximate surface area is 138 Å². The van der Waals surface area contributed by atoms with Crippen LogP contribution in [0.4, 0.5) is 8.78 Å². The van der Waals surface area contributed by atoms with E-state index in [1.807, 2.05) is 0 Å². The first-order chi connectivity index (χ1) is 11.5. The number of piperidine rings is 1. The van der Waals surface area contributed by atoms with E-state index in [-0.39, 0.29) is 19.2 Å². The van der Waals surface area contributed by atoms with Gasteiger partial charge in [0.15, 0.2) is 0 Å². The molecule has 1 aliphatic heterocycles. The van der Waals surface area contributed by atoms with Gasteiger partial charge >= 0.3 is 0 Å². The summed E-state index contributed by atoms with van der Waals surface area (Å²) in [5.74, 6) is -1.53. The third-order valence-corrected chi connectivity index (χ3v) is 5.67. The maximum absolute atomic E-state index is 13.8. The zero-order chi connectivity index (χ0) is 17.2. The summed E-state index contributed by atoms with van der Waals surface area (Å²) in [7, 11) is -4.00. The molecule has 1 aromatic carbocycles. The molecular formula is C15H15F2N3O3S. The van der Waals surface area contributed by atoms with Gasteiger partial charge in [0, 0.05) is 31.5 Å². The summed E-state index contributed by atoms with van der Waals surface area (Å²) < 4.78 is 58.5. The van der Waals surface area contributed by atoms with Crippen molar-refractivity contribution in [3.8, 4) is 5.88 Å². The quantitative estimate of drug-likeness (QED) is 0.839. The molecule has 0 radical (unpaired) electrons. The fourth-order valence-electron chi connectivity index (χ4n) is 2.53. The number of hydrogen-bond acceptors (Lipinski definition) is 5. The molecule has 128 valence electrons. The first kappa shape index (κ1) is 16.7. The number of sulfonamides is 1. The topological polar surface area (TPSA) is 72.4 Å². The SMILES string of the molecule is O=S(=O)(c1ccc(F)cc1F)N1CCC(Oc2cnccn2)CC1. The monoisotopic (exact) mass is 355 g/mol. The second-order valence-electron chi connectivity index (χ2n) is 5.34. The van der Waals surface area contributed by atoms with Crippen LogP contribution in [0.1, 0.15) is 12.8 Å². The number of rotatable bonds is 4. The van der Waals surface area contributed by atoms with Gasteiger partial charge in [0.1, 0.15) is 22.6 Å². The van der Waals surface area contributed by atoms with Crippen molar-refractivity contribution in [3.05, 3.63) is 48.4 Å². The summed E-state index contributed by atoms with van der Waals surface area (Å²) in [4.78, 5) is 7.38. The summed E-state index contributed by atoms with van der Waals surface area (Å²) >= 11 is 0. The highest BCUT2D eigenvalue weighted by Crippen LogP contribution is 2.24. The summed E-state index contributed by atoms with van der Waals surface area (Å²) in [5, 5.41) is 0. The molecule has 9 heteroatoms. The summed E-state index contributed by atoms with van der Waals surface area (Å²) in [5.41, 5.74) is 0. The number of hydrogen-bond donors (Lipinski definition) is 0. The van der Waals surface area contributed by atoms with Crippen molar-refractivity contribution in [3.63, 3.8) is 0 Å². The molecule has 0 aliphatic carbocycles. The van der Waals surface area contributed by atoms with Gasteiger partial charge < -0.3 is 4.74 Å². The molecule has 0 spiro atoms. The van der Waals surface area contributed by atoms with Gasteiger partial charge in [0.25, 0.3) is 0 Å². The van der Waals surface area contributed by atoms with Gasteiger partial charge in [-0.2, -0.15) is 4.31 Å². The van der Waals surface area contributed by atoms with Gasteiger partial charge in [0.05, 0.1) is 6.20 Å². The van der Waals surface area contributed by atoms with Crippen LogP contribution in [-0.4, -0.2) is 41.9 Å². The smallest absolute Gasteiger partial charge is 0.245 e. The minimum absolute atomic E-state index is 0.185. The third kappa shape index (κ3) is 3.51. The lowest BCUT2D eigenvalue weighted by atomic mass is 10.1. The van der Waals surface area contributed by atoms with Crippen molar-refractivity contribution in [2.75, 3.05) is 13.1 Å². The van der Waals surface area contributed by atoms with Gasteiger partial charge in [-0.15, -0.1) is 0 Å². The summed E-state index contributed by atoms with van der Waals surface area (Å²) in [6.07, 6.45) is 5.21. The lowest BCUT2D eigenvalue weighted by Gasteiger charge is -2.31. The van der Waals surface area contributed by atoms with E-state index in [0.717, 1.165) is 12.1 Å². The number of halogens is 2. The van der Waals surface area contributed by atoms with Crippen LogP contribution in [0.25, 0.3) is 0 Å². The predicted octanol–water partition coefficient (Wildman–Crippen LogP) is 1.99. The standard InChI is InChI=1S/C15H15F2N3O3S/c16-11-1-2-14(13(17)9-11)24(21,22)20-7-3-12(4-8-20)23-15-10-18-5-6-19-15/h1-2,5-6,9-10,12H,3-4,7-8H2. The molecule has 0 amide bonds. The number of ether oxygens (including phenoxy) is 1. The van der Waals surface area contributed by atoms with E-state index in [1.54, 1.807) is 0 Å². The Morgan fingerprint density at radius 2 is 1.92 bits per heavy atom. The van der Waals surface area contributed by atoms with Crippen LogP contribution in [0.5, 0.6) is 5.88 Å². The molecule has 0 atom stereocenters. The molecule has 1 aromatic heterocycles. The number of benzene rings is 1. The average molecular weight is 355 g/mol. The normalized spacial score (nSPS) is 16.9. The van der Waals surface area contributed by atoms with Gasteiger partial charge in [-0.3, -0.25) is 4.98 Å². The second-order valence-corrected chi connectivity index (χ2v) is 7.25. The van der Waals surface area contributed by atoms with Crippen molar-refractivity contribution in [1.29, 1.82) is 0 Å². The van der Waals surface area contributed by atoms with E-state index in [0.29, 0.717) is 24.8 Å². The summed E-state index contributed by atoms with van der Waals surface area (Å²) in [6, 6.07) is 2.44. The average Bonchev–Trinajstić information content (AvgIpc) is 2.56. The van der Waals surface area contributed by atoms with E-state index in [9.17, 15) is 17.2 Å². The zero-order valence-corrected chi connectivity index (χ0v) is 13.4. The Bertz CT molecular complexity index is 810. The van der Waals surface area contributed by atoms with Crippen LogP contribution < -0.4 is 4.74 Å². The first-order valence-electron chi connectivity index (χ1n) is 7.35. The molecule has 0 bridgehead atoms. The van der Waals surface area contributed by atoms with E-state index in [4.69, 9.17) is 4.74 Å². The molecule has 1 saturated heterocycles. The maximum Gasteiger partial charge on any atom is 0.245 e. The highest BCUT2D eigenvalue weighted by atomic mass is 32.2. The largest absolute Gasteiger partial charge is 0.473 e. The van der Waals surface area contributed by atoms with Crippen LogP contribution in [0.15, 0.2) is 41.7 Å². The molecule has 6 nitrogen and oxygen atoms in total. The van der Waals surface area contributed by atoms with E-state index < -0.39 is 26.6 Å². The van der Waals surface area contributed by atoms with Gasteiger partial charge in [0.2, 0.25) is 15.9 Å². The van der Waals surface area contributed by atoms with Crippen LogP contribution in [0.3, 0.4) is 0 Å². The summed E-state index contributed by atoms with van der Waals surface area (Å²) in [6.45, 7) is 0.369. The van der Waals surface area contributed by atoms with E-state index in [2.05, 4.69) is 9.97 Å². The Hall–Kier alpha value is -2.13. The van der Waals surface area contributed by atoms with Crippen molar-refractivity contribution in [2.45, 2.75) is 23.8 Å². The number of nitrogens with zero attached hydrogens (tertiary/aromatic N) is 3. The predicted molar refractivity (Wildman–Crippen MR) is 80.8 cm³/mol. The van der Waals surface area contributed by atoms with Gasteiger partial charge in [-0.25, -0.2) is 22.2 Å². The van der Waals surface area contributed by atoms with Crippen LogP contribution in [0, 0.1) is 11.6 Å². The van der Waals surface area contributed by atoms with Crippen molar-refractivity contribution in [2.24, 2.45) is 0 Å². The van der Waals surface area contributed by atoms with E-state index >= 15 is 0 Å². The lowest BCUT2D eigenvalue weighted by Crippen LogP contribution is -2.42. The molecule has 2 aromatic rings. The molecule has 1 aliphatic rings. The molecule has 0 N–H and O–H groups in total. The lowest BCUT2D eigenvalue weighted by molar-refractivity contribution is 0.129. The third-order valence-electron chi connectivity index (χ3n) is 3.74. The van der Waals surface area contributed by atoms with Crippen LogP contribution in [0.2, 0.25) is 0 Å². The van der Waals surface area contributed by atoms with E-state index in [1.165, 1.54) is 22.9 Å². The Morgan fingerprint density at radius 3 is 2.54 bits per heavy atom. The Balaban J connectivity index is 1.67. The Kier molecular flexibility index (Phi) is 4.72. The van der Waals surface area contributed by atoms with Crippen molar-refractivity contribution in [1.82, 2.24) is 14.3 Å². The van der Waals surface area contributed by atoms with Crippen molar-refractivity contribution < 1.29 is 21.9 Å². The molecule has 1 fully saturated rings. The van der Waals surface area contributed by atoms with Crippen molar-refractivity contribution >= 4 is 10.0 Å².